The van der Waals surface area contributed by atoms with Crippen LogP contribution in [-0.2, 0) is 4.79 Å². The van der Waals surface area contributed by atoms with Gasteiger partial charge in [0.25, 0.3) is 5.91 Å². The average molecular weight is 366 g/mol. The van der Waals surface area contributed by atoms with Crippen LogP contribution < -0.4 is 15.0 Å². The molecule has 0 atom stereocenters. The molecule has 1 N–H and O–H groups in total. The van der Waals surface area contributed by atoms with Crippen LogP contribution in [-0.4, -0.2) is 25.0 Å². The van der Waals surface area contributed by atoms with Gasteiger partial charge in [0.15, 0.2) is 0 Å². The van der Waals surface area contributed by atoms with E-state index in [0.717, 1.165) is 12.0 Å². The number of aryl methyl sites for hydroxylation is 1. The summed E-state index contributed by atoms with van der Waals surface area (Å²) in [6.45, 7) is 8.74. The number of nitrogens with one attached hydrogen (secondary N) is 1. The van der Waals surface area contributed by atoms with Crippen molar-refractivity contribution in [1.82, 2.24) is 0 Å². The third kappa shape index (κ3) is 3.97. The minimum absolute atomic E-state index is 0.0325. The molecule has 2 amide bonds. The van der Waals surface area contributed by atoms with E-state index >= 15 is 0 Å². The van der Waals surface area contributed by atoms with Gasteiger partial charge in [0.05, 0.1) is 11.1 Å². The fourth-order valence-electron chi connectivity index (χ4n) is 3.08. The Labute approximate surface area is 160 Å². The molecule has 142 valence electrons. The lowest BCUT2D eigenvalue weighted by Gasteiger charge is -2.27. The maximum atomic E-state index is 13.0. The number of carbonyl (C=O) groups excluding carboxylic acids is 2. The number of benzene rings is 2. The lowest BCUT2D eigenvalue weighted by atomic mass is 9.93. The number of carbonyl (C=O) groups is 2. The van der Waals surface area contributed by atoms with Crippen LogP contribution in [0.2, 0.25) is 0 Å². The van der Waals surface area contributed by atoms with Gasteiger partial charge in [0.2, 0.25) is 5.91 Å². The van der Waals surface area contributed by atoms with Gasteiger partial charge in [-0.25, -0.2) is 0 Å². The molecule has 1 aliphatic heterocycles. The Morgan fingerprint density at radius 1 is 1.19 bits per heavy atom. The van der Waals surface area contributed by atoms with Crippen molar-refractivity contribution in [3.8, 4) is 5.75 Å². The number of amides is 2. The summed E-state index contributed by atoms with van der Waals surface area (Å²) in [6.07, 6.45) is 0.835. The van der Waals surface area contributed by atoms with Crippen molar-refractivity contribution in [2.75, 3.05) is 23.4 Å². The van der Waals surface area contributed by atoms with Crippen molar-refractivity contribution in [3.63, 3.8) is 0 Å². The zero-order valence-corrected chi connectivity index (χ0v) is 16.3. The van der Waals surface area contributed by atoms with Crippen molar-refractivity contribution < 1.29 is 14.3 Å². The molecule has 0 unspecified atom stereocenters. The Morgan fingerprint density at radius 3 is 2.56 bits per heavy atom. The molecule has 0 fully saturated rings. The fourth-order valence-corrected chi connectivity index (χ4v) is 3.08. The Morgan fingerprint density at radius 2 is 1.89 bits per heavy atom. The van der Waals surface area contributed by atoms with E-state index in [-0.39, 0.29) is 11.8 Å². The Hall–Kier alpha value is -2.82. The second-order valence-corrected chi connectivity index (χ2v) is 7.63. The Kier molecular flexibility index (Phi) is 5.22. The first-order chi connectivity index (χ1) is 12.8. The molecule has 3 rings (SSSR count). The van der Waals surface area contributed by atoms with Crippen LogP contribution >= 0.6 is 0 Å². The van der Waals surface area contributed by atoms with Crippen molar-refractivity contribution in [2.45, 2.75) is 34.1 Å². The fraction of sp³-hybridized carbons (Fsp3) is 0.364. The Bertz CT molecular complexity index is 856. The molecule has 5 heteroatoms. The van der Waals surface area contributed by atoms with Crippen LogP contribution in [0.15, 0.2) is 42.5 Å². The quantitative estimate of drug-likeness (QED) is 0.872. The van der Waals surface area contributed by atoms with E-state index in [0.29, 0.717) is 35.8 Å². The first-order valence-corrected chi connectivity index (χ1v) is 9.28. The molecular formula is C22H26N2O3. The van der Waals surface area contributed by atoms with E-state index < -0.39 is 5.41 Å². The number of hydrogen-bond donors (Lipinski definition) is 1. The first kappa shape index (κ1) is 19.0. The van der Waals surface area contributed by atoms with Crippen LogP contribution in [0.25, 0.3) is 0 Å². The lowest BCUT2D eigenvalue weighted by molar-refractivity contribution is -0.127. The highest BCUT2D eigenvalue weighted by Gasteiger charge is 2.37. The Balaban J connectivity index is 1.90. The second-order valence-electron chi connectivity index (χ2n) is 7.63. The molecule has 2 aromatic rings. The number of anilines is 2. The molecule has 0 radical (unpaired) electrons. The van der Waals surface area contributed by atoms with Crippen LogP contribution in [0.1, 0.15) is 43.1 Å². The van der Waals surface area contributed by atoms with Crippen molar-refractivity contribution in [2.24, 2.45) is 5.41 Å². The summed E-state index contributed by atoms with van der Waals surface area (Å²) in [5, 5.41) is 2.91. The molecule has 0 bridgehead atoms. The van der Waals surface area contributed by atoms with Crippen molar-refractivity contribution >= 4 is 23.2 Å². The van der Waals surface area contributed by atoms with Gasteiger partial charge in [-0.15, -0.1) is 0 Å². The number of nitrogens with zero attached hydrogens (tertiary/aromatic N) is 1. The molecule has 1 heterocycles. The highest BCUT2D eigenvalue weighted by Crippen LogP contribution is 2.38. The lowest BCUT2D eigenvalue weighted by Crippen LogP contribution is -2.42. The van der Waals surface area contributed by atoms with Gasteiger partial charge in [0.1, 0.15) is 12.4 Å². The predicted molar refractivity (Wildman–Crippen MR) is 107 cm³/mol. The summed E-state index contributed by atoms with van der Waals surface area (Å²) in [4.78, 5) is 27.2. The predicted octanol–water partition coefficient (Wildman–Crippen LogP) is 4.41. The van der Waals surface area contributed by atoms with Gasteiger partial charge in [-0.1, -0.05) is 24.6 Å². The molecule has 0 aromatic heterocycles. The van der Waals surface area contributed by atoms with E-state index in [1.54, 1.807) is 23.1 Å². The maximum absolute atomic E-state index is 13.0. The van der Waals surface area contributed by atoms with E-state index in [1.165, 1.54) is 0 Å². The van der Waals surface area contributed by atoms with Crippen LogP contribution in [0.4, 0.5) is 11.4 Å². The first-order valence-electron chi connectivity index (χ1n) is 9.28. The van der Waals surface area contributed by atoms with Gasteiger partial charge < -0.3 is 15.0 Å². The van der Waals surface area contributed by atoms with Gasteiger partial charge >= 0.3 is 0 Å². The highest BCUT2D eigenvalue weighted by atomic mass is 16.5. The van der Waals surface area contributed by atoms with Gasteiger partial charge in [-0.2, -0.15) is 0 Å². The molecule has 0 saturated carbocycles. The monoisotopic (exact) mass is 366 g/mol. The van der Waals surface area contributed by atoms with E-state index in [2.05, 4.69) is 5.32 Å². The average Bonchev–Trinajstić information content (AvgIpc) is 2.73. The van der Waals surface area contributed by atoms with E-state index in [1.807, 2.05) is 52.0 Å². The molecule has 5 nitrogen and oxygen atoms in total. The standard InChI is InChI=1S/C22H26N2O3/c1-5-12-24-18-13-17(23-20(25)16-8-6-15(2)7-9-16)10-11-19(18)27-14-22(3,4)21(24)26/h6-11,13H,5,12,14H2,1-4H3,(H,23,25). The maximum Gasteiger partial charge on any atom is 0.255 e. The van der Waals surface area contributed by atoms with Gasteiger partial charge in [-0.05, 0) is 57.5 Å². The van der Waals surface area contributed by atoms with Crippen LogP contribution in [0, 0.1) is 12.3 Å². The van der Waals surface area contributed by atoms with Crippen molar-refractivity contribution in [1.29, 1.82) is 0 Å². The second kappa shape index (κ2) is 7.43. The molecular weight excluding hydrogens is 340 g/mol. The summed E-state index contributed by atoms with van der Waals surface area (Å²) < 4.78 is 5.89. The zero-order valence-electron chi connectivity index (χ0n) is 16.3. The molecule has 1 aliphatic rings. The summed E-state index contributed by atoms with van der Waals surface area (Å²) in [5.74, 6) is 0.513. The number of fused-ring (bicyclic) bond motifs is 1. The summed E-state index contributed by atoms with van der Waals surface area (Å²) >= 11 is 0. The zero-order chi connectivity index (χ0) is 19.6. The normalized spacial score (nSPS) is 15.6. The topological polar surface area (TPSA) is 58.6 Å². The SMILES string of the molecule is CCCN1C(=O)C(C)(C)COc2ccc(NC(=O)c3ccc(C)cc3)cc21. The van der Waals surface area contributed by atoms with Gasteiger partial charge in [-0.3, -0.25) is 9.59 Å². The number of hydrogen-bond acceptors (Lipinski definition) is 3. The number of ether oxygens (including phenoxy) is 1. The van der Waals surface area contributed by atoms with E-state index in [9.17, 15) is 9.59 Å². The molecule has 27 heavy (non-hydrogen) atoms. The molecule has 2 aromatic carbocycles. The van der Waals surface area contributed by atoms with Crippen LogP contribution in [0.5, 0.6) is 5.75 Å². The smallest absolute Gasteiger partial charge is 0.255 e. The number of rotatable bonds is 4. The summed E-state index contributed by atoms with van der Waals surface area (Å²) in [5.41, 5.74) is 2.43. The highest BCUT2D eigenvalue weighted by molar-refractivity contribution is 6.05. The summed E-state index contributed by atoms with van der Waals surface area (Å²) in [6, 6.07) is 12.8. The largest absolute Gasteiger partial charge is 0.490 e. The van der Waals surface area contributed by atoms with E-state index in [4.69, 9.17) is 4.74 Å². The minimum atomic E-state index is -0.598. The third-order valence-electron chi connectivity index (χ3n) is 4.68. The molecule has 0 saturated heterocycles. The minimum Gasteiger partial charge on any atom is -0.490 e. The molecule has 0 aliphatic carbocycles. The van der Waals surface area contributed by atoms with Crippen LogP contribution in [0.3, 0.4) is 0 Å². The van der Waals surface area contributed by atoms with Gasteiger partial charge in [0, 0.05) is 17.8 Å². The van der Waals surface area contributed by atoms with Crippen molar-refractivity contribution in [3.05, 3.63) is 53.6 Å². The summed E-state index contributed by atoms with van der Waals surface area (Å²) in [7, 11) is 0. The third-order valence-corrected chi connectivity index (χ3v) is 4.68. The molecule has 0 spiro atoms.